The summed E-state index contributed by atoms with van der Waals surface area (Å²) >= 11 is 0. The fraction of sp³-hybridized carbons (Fsp3) is 0.250. The maximum Gasteiger partial charge on any atom is 0.261 e. The standard InChI is InChI=1S/C16H19NO4S/c1-2-21-15-6-8-16(9-7-15)22(19,20)17-14-5-3-4-13(12-14)10-11-18/h3-9,12,17-18H,2,10-11H2,1H3. The van der Waals surface area contributed by atoms with Gasteiger partial charge in [0.05, 0.1) is 11.5 Å². The van der Waals surface area contributed by atoms with E-state index in [-0.39, 0.29) is 11.5 Å². The summed E-state index contributed by atoms with van der Waals surface area (Å²) in [6, 6.07) is 13.2. The SMILES string of the molecule is CCOc1ccc(S(=O)(=O)Nc2cccc(CCO)c2)cc1. The highest BCUT2D eigenvalue weighted by atomic mass is 32.2. The van der Waals surface area contributed by atoms with Gasteiger partial charge in [-0.15, -0.1) is 0 Å². The molecule has 0 fully saturated rings. The molecule has 0 aliphatic carbocycles. The normalized spacial score (nSPS) is 11.2. The first-order valence-corrected chi connectivity index (χ1v) is 8.49. The van der Waals surface area contributed by atoms with Gasteiger partial charge in [0.25, 0.3) is 10.0 Å². The Balaban J connectivity index is 2.18. The van der Waals surface area contributed by atoms with Gasteiger partial charge in [-0.2, -0.15) is 0 Å². The number of aliphatic hydroxyl groups is 1. The molecule has 0 aromatic heterocycles. The third-order valence-electron chi connectivity index (χ3n) is 3.02. The topological polar surface area (TPSA) is 75.6 Å². The molecule has 2 N–H and O–H groups in total. The Bertz CT molecular complexity index is 711. The van der Waals surface area contributed by atoms with Crippen molar-refractivity contribution in [2.45, 2.75) is 18.2 Å². The van der Waals surface area contributed by atoms with Gasteiger partial charge in [0.1, 0.15) is 5.75 Å². The molecule has 0 saturated carbocycles. The molecular weight excluding hydrogens is 302 g/mol. The molecule has 0 atom stereocenters. The summed E-state index contributed by atoms with van der Waals surface area (Å²) in [6.07, 6.45) is 0.485. The quantitative estimate of drug-likeness (QED) is 0.821. The number of nitrogens with one attached hydrogen (secondary N) is 1. The van der Waals surface area contributed by atoms with Gasteiger partial charge in [0.15, 0.2) is 0 Å². The number of anilines is 1. The van der Waals surface area contributed by atoms with E-state index in [1.165, 1.54) is 12.1 Å². The predicted octanol–water partition coefficient (Wildman–Crippen LogP) is 2.42. The molecule has 6 heteroatoms. The summed E-state index contributed by atoms with van der Waals surface area (Å²) in [7, 11) is -3.64. The van der Waals surface area contributed by atoms with E-state index in [0.717, 1.165) is 5.56 Å². The molecule has 0 spiro atoms. The third kappa shape index (κ3) is 4.22. The highest BCUT2D eigenvalue weighted by Crippen LogP contribution is 2.20. The molecule has 0 heterocycles. The van der Waals surface area contributed by atoms with Crippen molar-refractivity contribution in [2.75, 3.05) is 17.9 Å². The van der Waals surface area contributed by atoms with Gasteiger partial charge in [-0.05, 0) is 55.3 Å². The van der Waals surface area contributed by atoms with Gasteiger partial charge in [-0.3, -0.25) is 4.72 Å². The fourth-order valence-electron chi connectivity index (χ4n) is 2.02. The molecule has 2 aromatic carbocycles. The Labute approximate surface area is 130 Å². The number of sulfonamides is 1. The van der Waals surface area contributed by atoms with Crippen LogP contribution in [-0.4, -0.2) is 26.7 Å². The lowest BCUT2D eigenvalue weighted by Gasteiger charge is -2.10. The second-order valence-electron chi connectivity index (χ2n) is 4.68. The Morgan fingerprint density at radius 1 is 1.14 bits per heavy atom. The third-order valence-corrected chi connectivity index (χ3v) is 4.42. The van der Waals surface area contributed by atoms with E-state index in [1.807, 2.05) is 13.0 Å². The Kier molecular flexibility index (Phi) is 5.41. The van der Waals surface area contributed by atoms with Crippen LogP contribution in [0.25, 0.3) is 0 Å². The van der Waals surface area contributed by atoms with E-state index in [9.17, 15) is 8.42 Å². The van der Waals surface area contributed by atoms with Crippen molar-refractivity contribution >= 4 is 15.7 Å². The lowest BCUT2D eigenvalue weighted by molar-refractivity contribution is 0.299. The molecule has 0 bridgehead atoms. The smallest absolute Gasteiger partial charge is 0.261 e. The first-order chi connectivity index (χ1) is 10.5. The van der Waals surface area contributed by atoms with Gasteiger partial charge in [0.2, 0.25) is 0 Å². The Hall–Kier alpha value is -2.05. The van der Waals surface area contributed by atoms with Crippen LogP contribution >= 0.6 is 0 Å². The van der Waals surface area contributed by atoms with E-state index in [2.05, 4.69) is 4.72 Å². The summed E-state index contributed by atoms with van der Waals surface area (Å²) in [4.78, 5) is 0.170. The first kappa shape index (κ1) is 16.3. The molecule has 22 heavy (non-hydrogen) atoms. The monoisotopic (exact) mass is 321 g/mol. The average Bonchev–Trinajstić information content (AvgIpc) is 2.48. The lowest BCUT2D eigenvalue weighted by atomic mass is 10.1. The summed E-state index contributed by atoms with van der Waals surface area (Å²) in [5, 5.41) is 8.94. The minimum absolute atomic E-state index is 0.0229. The van der Waals surface area contributed by atoms with Crippen LogP contribution in [0.1, 0.15) is 12.5 Å². The molecule has 0 aliphatic rings. The van der Waals surface area contributed by atoms with Crippen LogP contribution in [0, 0.1) is 0 Å². The molecule has 5 nitrogen and oxygen atoms in total. The van der Waals surface area contributed by atoms with Crippen molar-refractivity contribution in [3.8, 4) is 5.75 Å². The van der Waals surface area contributed by atoms with Crippen molar-refractivity contribution < 1.29 is 18.3 Å². The maximum atomic E-state index is 12.3. The lowest BCUT2D eigenvalue weighted by Crippen LogP contribution is -2.13. The van der Waals surface area contributed by atoms with Crippen molar-refractivity contribution in [2.24, 2.45) is 0 Å². The van der Waals surface area contributed by atoms with Gasteiger partial charge in [0, 0.05) is 12.3 Å². The van der Waals surface area contributed by atoms with Crippen LogP contribution in [0.2, 0.25) is 0 Å². The van der Waals surface area contributed by atoms with Crippen molar-refractivity contribution in [1.82, 2.24) is 0 Å². The van der Waals surface area contributed by atoms with Crippen LogP contribution in [0.15, 0.2) is 53.4 Å². The fourth-order valence-corrected chi connectivity index (χ4v) is 3.06. The van der Waals surface area contributed by atoms with Crippen LogP contribution in [0.3, 0.4) is 0 Å². The van der Waals surface area contributed by atoms with Crippen molar-refractivity contribution in [1.29, 1.82) is 0 Å². The Morgan fingerprint density at radius 2 is 1.86 bits per heavy atom. The molecule has 0 unspecified atom stereocenters. The molecule has 2 rings (SSSR count). The summed E-state index contributed by atoms with van der Waals surface area (Å²) in [5.74, 6) is 0.631. The largest absolute Gasteiger partial charge is 0.494 e. The molecule has 0 aliphatic heterocycles. The highest BCUT2D eigenvalue weighted by molar-refractivity contribution is 7.92. The Morgan fingerprint density at radius 3 is 2.50 bits per heavy atom. The number of benzene rings is 2. The number of hydrogen-bond acceptors (Lipinski definition) is 4. The minimum atomic E-state index is -3.64. The zero-order chi connectivity index (χ0) is 16.0. The maximum absolute atomic E-state index is 12.3. The summed E-state index contributed by atoms with van der Waals surface area (Å²) in [6.45, 7) is 2.42. The summed E-state index contributed by atoms with van der Waals surface area (Å²) < 4.78 is 32.5. The van der Waals surface area contributed by atoms with Crippen molar-refractivity contribution in [3.63, 3.8) is 0 Å². The van der Waals surface area contributed by atoms with Gasteiger partial charge < -0.3 is 9.84 Å². The zero-order valence-electron chi connectivity index (χ0n) is 12.3. The van der Waals surface area contributed by atoms with E-state index in [4.69, 9.17) is 9.84 Å². The van der Waals surface area contributed by atoms with Gasteiger partial charge in [-0.25, -0.2) is 8.42 Å². The van der Waals surface area contributed by atoms with Gasteiger partial charge in [-0.1, -0.05) is 12.1 Å². The molecule has 0 saturated heterocycles. The van der Waals surface area contributed by atoms with Crippen LogP contribution in [0.5, 0.6) is 5.75 Å². The molecule has 0 amide bonds. The minimum Gasteiger partial charge on any atom is -0.494 e. The van der Waals surface area contributed by atoms with E-state index in [0.29, 0.717) is 24.5 Å². The molecule has 0 radical (unpaired) electrons. The molecule has 2 aromatic rings. The van der Waals surface area contributed by atoms with E-state index < -0.39 is 10.0 Å². The van der Waals surface area contributed by atoms with Crippen molar-refractivity contribution in [3.05, 3.63) is 54.1 Å². The molecular formula is C16H19NO4S. The average molecular weight is 321 g/mol. The van der Waals surface area contributed by atoms with E-state index in [1.54, 1.807) is 30.3 Å². The van der Waals surface area contributed by atoms with Gasteiger partial charge >= 0.3 is 0 Å². The van der Waals surface area contributed by atoms with Crippen LogP contribution in [0.4, 0.5) is 5.69 Å². The first-order valence-electron chi connectivity index (χ1n) is 7.00. The second-order valence-corrected chi connectivity index (χ2v) is 6.37. The second kappa shape index (κ2) is 7.29. The summed E-state index contributed by atoms with van der Waals surface area (Å²) in [5.41, 5.74) is 1.34. The molecule has 118 valence electrons. The predicted molar refractivity (Wildman–Crippen MR) is 85.7 cm³/mol. The van der Waals surface area contributed by atoms with Crippen LogP contribution < -0.4 is 9.46 Å². The number of ether oxygens (including phenoxy) is 1. The number of hydrogen-bond donors (Lipinski definition) is 2. The number of rotatable bonds is 7. The zero-order valence-corrected chi connectivity index (χ0v) is 13.1. The van der Waals surface area contributed by atoms with E-state index >= 15 is 0 Å². The van der Waals surface area contributed by atoms with Crippen LogP contribution in [-0.2, 0) is 16.4 Å². The number of aliphatic hydroxyl groups excluding tert-OH is 1. The highest BCUT2D eigenvalue weighted by Gasteiger charge is 2.14.